The maximum atomic E-state index is 13.2. The Kier molecular flexibility index (Phi) is 12.9. The minimum atomic E-state index is -1.04. The number of nitrogens with one attached hydrogen (secondary N) is 1. The second-order valence-corrected chi connectivity index (χ2v) is 9.35. The molecule has 0 aliphatic rings. The molecule has 0 bridgehead atoms. The number of aliphatic carboxylic acids is 1. The number of thioether (sulfide) groups is 1. The Morgan fingerprint density at radius 1 is 1.14 bits per heavy atom. The molecule has 2 N–H and O–H groups in total. The number of carbonyl (C=O) groups excluding carboxylic acids is 1. The summed E-state index contributed by atoms with van der Waals surface area (Å²) in [5.74, 6) is -0.0286. The molecule has 0 aliphatic carbocycles. The van der Waals surface area contributed by atoms with Crippen LogP contribution in [-0.2, 0) is 4.79 Å². The molecule has 3 aromatic rings. The van der Waals surface area contributed by atoms with Gasteiger partial charge in [0.05, 0.1) is 6.61 Å². The average molecular weight is 528 g/mol. The van der Waals surface area contributed by atoms with E-state index < -0.39 is 17.9 Å². The molecule has 0 radical (unpaired) electrons. The number of pyridine rings is 1. The third kappa shape index (κ3) is 8.75. The van der Waals surface area contributed by atoms with Crippen LogP contribution in [0.3, 0.4) is 0 Å². The van der Waals surface area contributed by atoms with Crippen LogP contribution < -0.4 is 39.6 Å². The Morgan fingerprint density at radius 2 is 1.92 bits per heavy atom. The fraction of sp³-hybridized carbons (Fsp3) is 0.276. The van der Waals surface area contributed by atoms with Crippen LogP contribution in [0.1, 0.15) is 46.8 Å². The molecule has 0 saturated heterocycles. The Bertz CT molecular complexity index is 1230. The van der Waals surface area contributed by atoms with E-state index in [0.29, 0.717) is 24.3 Å². The van der Waals surface area contributed by atoms with E-state index in [4.69, 9.17) is 4.74 Å². The smallest absolute Gasteiger partial charge is 0.493 e. The topological polar surface area (TPSA) is 88.5 Å². The fourth-order valence-electron chi connectivity index (χ4n) is 3.74. The predicted molar refractivity (Wildman–Crippen MR) is 147 cm³/mol. The first-order chi connectivity index (χ1) is 17.4. The van der Waals surface area contributed by atoms with E-state index in [1.54, 1.807) is 30.2 Å². The zero-order chi connectivity index (χ0) is 25.9. The van der Waals surface area contributed by atoms with Crippen molar-refractivity contribution in [2.45, 2.75) is 32.7 Å². The third-order valence-electron chi connectivity index (χ3n) is 5.66. The molecule has 37 heavy (non-hydrogen) atoms. The van der Waals surface area contributed by atoms with Gasteiger partial charge in [0.1, 0.15) is 11.8 Å². The van der Waals surface area contributed by atoms with Gasteiger partial charge in [0.2, 0.25) is 0 Å². The number of nitrogens with zero attached hydrogens (tertiary/aromatic N) is 1. The Morgan fingerprint density at radius 3 is 2.62 bits per heavy atom. The number of hydrogen-bond donors (Lipinski definition) is 2. The molecule has 0 spiro atoms. The van der Waals surface area contributed by atoms with Gasteiger partial charge in [-0.25, -0.2) is 4.79 Å². The predicted octanol–water partition coefficient (Wildman–Crippen LogP) is 2.96. The summed E-state index contributed by atoms with van der Waals surface area (Å²) in [6.07, 6.45) is 10.5. The van der Waals surface area contributed by atoms with Crippen molar-refractivity contribution in [3.8, 4) is 16.9 Å². The van der Waals surface area contributed by atoms with Gasteiger partial charge < -0.3 is 15.2 Å². The molecule has 1 unspecified atom stereocenters. The SMILES string of the molecule is CCCOc1ccncc1/C=C/c1ccc(C(=O)NC(CCSC)C(=O)O)c(-c2ccccc2C)c1.[Na+]. The number of aromatic nitrogens is 1. The van der Waals surface area contributed by atoms with Crippen molar-refractivity contribution < 1.29 is 49.0 Å². The molecule has 0 fully saturated rings. The second kappa shape index (κ2) is 15.6. The molecule has 3 rings (SSSR count). The van der Waals surface area contributed by atoms with E-state index in [-0.39, 0.29) is 29.6 Å². The van der Waals surface area contributed by atoms with Gasteiger partial charge in [0, 0.05) is 23.5 Å². The number of carbonyl (C=O) groups is 2. The Balaban J connectivity index is 0.00000481. The number of amides is 1. The molecule has 1 aromatic heterocycles. The summed E-state index contributed by atoms with van der Waals surface area (Å²) < 4.78 is 5.82. The van der Waals surface area contributed by atoms with Crippen molar-refractivity contribution in [1.82, 2.24) is 10.3 Å². The first-order valence-corrected chi connectivity index (χ1v) is 13.3. The van der Waals surface area contributed by atoms with Crippen LogP contribution in [0, 0.1) is 6.92 Å². The van der Waals surface area contributed by atoms with Crippen molar-refractivity contribution >= 4 is 35.8 Å². The van der Waals surface area contributed by atoms with Crippen LogP contribution in [0.2, 0.25) is 0 Å². The molecule has 1 amide bonds. The Labute approximate surface area is 245 Å². The van der Waals surface area contributed by atoms with Crippen molar-refractivity contribution in [2.24, 2.45) is 0 Å². The third-order valence-corrected chi connectivity index (χ3v) is 6.31. The van der Waals surface area contributed by atoms with Gasteiger partial charge in [0.15, 0.2) is 0 Å². The molecular formula is C29H32N2NaO4S+. The van der Waals surface area contributed by atoms with E-state index >= 15 is 0 Å². The Hall–Kier alpha value is -2.58. The number of aryl methyl sites for hydroxylation is 1. The van der Waals surface area contributed by atoms with E-state index in [0.717, 1.165) is 40.0 Å². The van der Waals surface area contributed by atoms with Crippen molar-refractivity contribution in [3.63, 3.8) is 0 Å². The molecule has 1 atom stereocenters. The first kappa shape index (κ1) is 30.6. The van der Waals surface area contributed by atoms with Gasteiger partial charge in [-0.05, 0) is 78.3 Å². The zero-order valence-electron chi connectivity index (χ0n) is 21.9. The van der Waals surface area contributed by atoms with E-state index in [1.807, 2.05) is 67.8 Å². The minimum absolute atomic E-state index is 0. The van der Waals surface area contributed by atoms with Gasteiger partial charge in [-0.2, -0.15) is 11.8 Å². The van der Waals surface area contributed by atoms with Crippen LogP contribution in [0.5, 0.6) is 5.75 Å². The fourth-order valence-corrected chi connectivity index (χ4v) is 4.21. The molecular weight excluding hydrogens is 495 g/mol. The summed E-state index contributed by atoms with van der Waals surface area (Å²) in [4.78, 5) is 29.1. The van der Waals surface area contributed by atoms with Crippen molar-refractivity contribution in [2.75, 3.05) is 18.6 Å². The van der Waals surface area contributed by atoms with Crippen LogP contribution in [-0.4, -0.2) is 46.6 Å². The monoisotopic (exact) mass is 527 g/mol. The number of benzene rings is 2. The quantitative estimate of drug-likeness (QED) is 0.352. The summed E-state index contributed by atoms with van der Waals surface area (Å²) in [6, 6.07) is 14.3. The summed E-state index contributed by atoms with van der Waals surface area (Å²) in [7, 11) is 0. The average Bonchev–Trinajstić information content (AvgIpc) is 2.89. The number of ether oxygens (including phenoxy) is 1. The van der Waals surface area contributed by atoms with E-state index in [1.165, 1.54) is 0 Å². The van der Waals surface area contributed by atoms with Gasteiger partial charge >= 0.3 is 35.5 Å². The van der Waals surface area contributed by atoms with Crippen molar-refractivity contribution in [1.29, 1.82) is 0 Å². The zero-order valence-corrected chi connectivity index (χ0v) is 24.7. The normalized spacial score (nSPS) is 11.5. The van der Waals surface area contributed by atoms with E-state index in [2.05, 4.69) is 17.2 Å². The summed E-state index contributed by atoms with van der Waals surface area (Å²) >= 11 is 1.55. The molecule has 2 aromatic carbocycles. The van der Waals surface area contributed by atoms with Crippen LogP contribution in [0.15, 0.2) is 60.9 Å². The van der Waals surface area contributed by atoms with Gasteiger partial charge in [-0.3, -0.25) is 9.78 Å². The summed E-state index contributed by atoms with van der Waals surface area (Å²) in [5, 5.41) is 12.3. The maximum absolute atomic E-state index is 13.2. The van der Waals surface area contributed by atoms with Crippen LogP contribution in [0.25, 0.3) is 23.3 Å². The molecule has 1 heterocycles. The molecule has 8 heteroatoms. The number of carboxylic acids is 1. The van der Waals surface area contributed by atoms with Crippen LogP contribution >= 0.6 is 11.8 Å². The molecule has 188 valence electrons. The van der Waals surface area contributed by atoms with Crippen LogP contribution in [0.4, 0.5) is 0 Å². The summed E-state index contributed by atoms with van der Waals surface area (Å²) in [6.45, 7) is 4.67. The number of carboxylic acid groups (broad SMARTS) is 1. The van der Waals surface area contributed by atoms with Gasteiger partial charge in [-0.15, -0.1) is 0 Å². The molecule has 6 nitrogen and oxygen atoms in total. The van der Waals surface area contributed by atoms with E-state index in [9.17, 15) is 14.7 Å². The second-order valence-electron chi connectivity index (χ2n) is 8.36. The largest absolute Gasteiger partial charge is 1.00 e. The first-order valence-electron chi connectivity index (χ1n) is 11.9. The molecule has 0 saturated carbocycles. The minimum Gasteiger partial charge on any atom is -0.493 e. The standard InChI is InChI=1S/C29H32N2O4S.Na/c1-4-16-35-27-13-15-30-19-22(27)11-9-21-10-12-24(25(18-21)23-8-6-5-7-20(23)2)28(32)31-26(29(33)34)14-17-36-3;/h5-13,15,18-19,26H,4,14,16-17H2,1-3H3,(H,31,32)(H,33,34);/q;+1/b11-9+;. The van der Waals surface area contributed by atoms with Crippen molar-refractivity contribution in [3.05, 3.63) is 83.2 Å². The molecule has 0 aliphatic heterocycles. The number of rotatable bonds is 12. The summed E-state index contributed by atoms with van der Waals surface area (Å²) in [5.41, 5.74) is 4.88. The maximum Gasteiger partial charge on any atom is 1.00 e. The van der Waals surface area contributed by atoms with Gasteiger partial charge in [0.25, 0.3) is 5.91 Å². The van der Waals surface area contributed by atoms with Gasteiger partial charge in [-0.1, -0.05) is 43.3 Å². The number of hydrogen-bond acceptors (Lipinski definition) is 5.